The number of fused-ring (bicyclic) bond motifs is 1. The lowest BCUT2D eigenvalue weighted by atomic mass is 10.0. The van der Waals surface area contributed by atoms with Crippen molar-refractivity contribution in [2.24, 2.45) is 0 Å². The van der Waals surface area contributed by atoms with Crippen LogP contribution in [0, 0.1) is 5.82 Å². The summed E-state index contributed by atoms with van der Waals surface area (Å²) in [5, 5.41) is 9.47. The van der Waals surface area contributed by atoms with Crippen LogP contribution < -0.4 is 9.47 Å². The number of thiophene rings is 1. The number of nitrogens with zero attached hydrogens (tertiary/aromatic N) is 2. The lowest BCUT2D eigenvalue weighted by Gasteiger charge is -2.35. The van der Waals surface area contributed by atoms with Crippen LogP contribution >= 0.6 is 11.3 Å². The predicted molar refractivity (Wildman–Crippen MR) is 143 cm³/mol. The number of pyridine rings is 1. The van der Waals surface area contributed by atoms with Crippen molar-refractivity contribution in [2.75, 3.05) is 20.2 Å². The zero-order valence-corrected chi connectivity index (χ0v) is 21.9. The lowest BCUT2D eigenvalue weighted by molar-refractivity contribution is -0.126. The smallest absolute Gasteiger partial charge is 0.264 e. The van der Waals surface area contributed by atoms with E-state index in [-0.39, 0.29) is 42.5 Å². The van der Waals surface area contributed by atoms with Gasteiger partial charge in [-0.1, -0.05) is 24.3 Å². The van der Waals surface area contributed by atoms with Crippen LogP contribution in [0.15, 0.2) is 60.8 Å². The summed E-state index contributed by atoms with van der Waals surface area (Å²) in [5.41, 5.74) is 1.68. The third-order valence-corrected chi connectivity index (χ3v) is 7.45. The average molecular weight is 549 g/mol. The average Bonchev–Trinajstić information content (AvgIpc) is 3.33. The summed E-state index contributed by atoms with van der Waals surface area (Å²) in [4.78, 5) is 43.8. The fourth-order valence-electron chi connectivity index (χ4n) is 4.37. The monoisotopic (exact) mass is 548 g/mol. The van der Waals surface area contributed by atoms with Crippen LogP contribution in [0.3, 0.4) is 0 Å². The van der Waals surface area contributed by atoms with Crippen molar-refractivity contribution in [3.63, 3.8) is 0 Å². The Bertz CT molecular complexity index is 1560. The van der Waals surface area contributed by atoms with E-state index in [2.05, 4.69) is 4.98 Å². The third kappa shape index (κ3) is 5.97. The van der Waals surface area contributed by atoms with Crippen molar-refractivity contribution in [1.29, 1.82) is 0 Å². The summed E-state index contributed by atoms with van der Waals surface area (Å²) < 4.78 is 26.6. The summed E-state index contributed by atoms with van der Waals surface area (Å²) in [6, 6.07) is 14.6. The Balaban J connectivity index is 1.23. The van der Waals surface area contributed by atoms with Gasteiger partial charge in [-0.3, -0.25) is 19.4 Å². The SMILES string of the molecule is COc1ccccc1CC(=O)CC(=O)Cc1ccc(Oc2ccnc3cc(C(=O)N4CC(O)C4)sc23)c(F)c1. The quantitative estimate of drug-likeness (QED) is 0.294. The maximum atomic E-state index is 14.9. The highest BCUT2D eigenvalue weighted by Gasteiger charge is 2.30. The van der Waals surface area contributed by atoms with Gasteiger partial charge in [0.15, 0.2) is 11.6 Å². The van der Waals surface area contributed by atoms with Gasteiger partial charge in [0, 0.05) is 43.8 Å². The first kappa shape index (κ1) is 26.5. The number of carbonyl (C=O) groups excluding carboxylic acids is 3. The maximum Gasteiger partial charge on any atom is 0.264 e. The number of aliphatic hydroxyl groups excluding tert-OH is 1. The van der Waals surface area contributed by atoms with Gasteiger partial charge >= 0.3 is 0 Å². The van der Waals surface area contributed by atoms with Crippen LogP contribution in [0.25, 0.3) is 10.2 Å². The number of ketones is 2. The number of amides is 1. The predicted octanol–water partition coefficient (Wildman–Crippen LogP) is 4.37. The summed E-state index contributed by atoms with van der Waals surface area (Å²) in [7, 11) is 1.52. The largest absolute Gasteiger partial charge is 0.496 e. The number of para-hydroxylation sites is 1. The molecule has 0 bridgehead atoms. The van der Waals surface area contributed by atoms with Crippen molar-refractivity contribution in [2.45, 2.75) is 25.4 Å². The molecule has 10 heteroatoms. The minimum Gasteiger partial charge on any atom is -0.496 e. The maximum absolute atomic E-state index is 14.9. The van der Waals surface area contributed by atoms with E-state index in [1.807, 2.05) is 0 Å². The number of ether oxygens (including phenoxy) is 2. The van der Waals surface area contributed by atoms with Gasteiger partial charge in [-0.2, -0.15) is 0 Å². The lowest BCUT2D eigenvalue weighted by Crippen LogP contribution is -2.53. The third-order valence-electron chi connectivity index (χ3n) is 6.33. The van der Waals surface area contributed by atoms with E-state index < -0.39 is 11.9 Å². The molecule has 1 amide bonds. The fourth-order valence-corrected chi connectivity index (χ4v) is 5.40. The molecule has 0 radical (unpaired) electrons. The molecule has 1 aliphatic heterocycles. The number of halogens is 1. The molecule has 2 aromatic carbocycles. The van der Waals surface area contributed by atoms with Crippen molar-refractivity contribution in [3.8, 4) is 17.2 Å². The molecule has 5 rings (SSSR count). The number of likely N-dealkylation sites (tertiary alicyclic amines) is 1. The molecule has 0 atom stereocenters. The molecule has 2 aromatic heterocycles. The van der Waals surface area contributed by atoms with Gasteiger partial charge in [-0.05, 0) is 29.8 Å². The highest BCUT2D eigenvalue weighted by Crippen LogP contribution is 2.36. The Morgan fingerprint density at radius 3 is 2.54 bits per heavy atom. The second kappa shape index (κ2) is 11.3. The second-order valence-electron chi connectivity index (χ2n) is 9.28. The van der Waals surface area contributed by atoms with Crippen LogP contribution in [-0.4, -0.2) is 58.8 Å². The van der Waals surface area contributed by atoms with Gasteiger partial charge in [0.05, 0.1) is 34.7 Å². The minimum atomic E-state index is -0.659. The molecule has 8 nitrogen and oxygen atoms in total. The van der Waals surface area contributed by atoms with Gasteiger partial charge < -0.3 is 19.5 Å². The molecule has 1 saturated heterocycles. The number of benzene rings is 2. The van der Waals surface area contributed by atoms with E-state index in [4.69, 9.17) is 9.47 Å². The van der Waals surface area contributed by atoms with Crippen LogP contribution in [0.1, 0.15) is 27.2 Å². The zero-order valence-electron chi connectivity index (χ0n) is 21.1. The molecule has 4 aromatic rings. The normalized spacial score (nSPS) is 13.3. The van der Waals surface area contributed by atoms with E-state index in [1.165, 1.54) is 36.8 Å². The molecule has 0 spiro atoms. The Morgan fingerprint density at radius 1 is 1.03 bits per heavy atom. The molecule has 1 aliphatic rings. The van der Waals surface area contributed by atoms with Crippen molar-refractivity contribution >= 4 is 39.0 Å². The first-order valence-electron chi connectivity index (χ1n) is 12.3. The Labute approximate surface area is 227 Å². The standard InChI is InChI=1S/C29H25FN2O6S/c1-37-24-5-3-2-4-18(24)12-20(34)13-19(33)10-17-6-7-25(22(30)11-17)38-26-8-9-31-23-14-27(39-28(23)26)29(36)32-15-21(35)16-32/h2-9,11,14,21,35H,10,12-13,15-16H2,1H3. The molecule has 1 fully saturated rings. The number of hydrogen-bond acceptors (Lipinski definition) is 8. The first-order chi connectivity index (χ1) is 18.8. The molecule has 1 N–H and O–H groups in total. The Morgan fingerprint density at radius 2 is 1.79 bits per heavy atom. The zero-order chi connectivity index (χ0) is 27.5. The van der Waals surface area contributed by atoms with Gasteiger partial charge in [0.25, 0.3) is 5.91 Å². The van der Waals surface area contributed by atoms with Crippen LogP contribution in [0.2, 0.25) is 0 Å². The fraction of sp³-hybridized carbons (Fsp3) is 0.241. The van der Waals surface area contributed by atoms with Gasteiger partial charge in [0.1, 0.15) is 23.1 Å². The highest BCUT2D eigenvalue weighted by molar-refractivity contribution is 7.21. The van der Waals surface area contributed by atoms with Crippen LogP contribution in [0.4, 0.5) is 4.39 Å². The number of hydrogen-bond donors (Lipinski definition) is 1. The molecular formula is C29H25FN2O6S. The molecule has 39 heavy (non-hydrogen) atoms. The molecule has 200 valence electrons. The van der Waals surface area contributed by atoms with Gasteiger partial charge in [0.2, 0.25) is 0 Å². The van der Waals surface area contributed by atoms with Gasteiger partial charge in [-0.15, -0.1) is 11.3 Å². The summed E-state index contributed by atoms with van der Waals surface area (Å²) in [6.45, 7) is 0.583. The number of aromatic nitrogens is 1. The Kier molecular flexibility index (Phi) is 7.67. The molecule has 3 heterocycles. The molecule has 0 aliphatic carbocycles. The van der Waals surface area contributed by atoms with Crippen LogP contribution in [0.5, 0.6) is 17.2 Å². The highest BCUT2D eigenvalue weighted by atomic mass is 32.1. The summed E-state index contributed by atoms with van der Waals surface area (Å²) in [6.07, 6.45) is 0.742. The number of methoxy groups -OCH3 is 1. The number of rotatable bonds is 10. The number of aliphatic hydroxyl groups is 1. The Hall–Kier alpha value is -4.15. The van der Waals surface area contributed by atoms with Crippen molar-refractivity contribution in [1.82, 2.24) is 9.88 Å². The topological polar surface area (TPSA) is 106 Å². The summed E-state index contributed by atoms with van der Waals surface area (Å²) >= 11 is 1.19. The van der Waals surface area contributed by atoms with E-state index >= 15 is 0 Å². The van der Waals surface area contributed by atoms with E-state index in [0.29, 0.717) is 50.8 Å². The second-order valence-corrected chi connectivity index (χ2v) is 10.3. The van der Waals surface area contributed by atoms with Gasteiger partial charge in [-0.25, -0.2) is 4.39 Å². The first-order valence-corrected chi connectivity index (χ1v) is 13.1. The number of carbonyl (C=O) groups is 3. The number of β-amino-alcohol motifs (C(OH)–C–C–N with tert-alkyl or cyclic N) is 1. The van der Waals surface area contributed by atoms with E-state index in [9.17, 15) is 23.9 Å². The minimum absolute atomic E-state index is 0.0434. The molecule has 0 unspecified atom stereocenters. The van der Waals surface area contributed by atoms with Crippen LogP contribution in [-0.2, 0) is 22.4 Å². The number of Topliss-reactive ketones (excluding diaryl/α,β-unsaturated/α-hetero) is 2. The van der Waals surface area contributed by atoms with E-state index in [1.54, 1.807) is 47.4 Å². The molecular weight excluding hydrogens is 523 g/mol. The van der Waals surface area contributed by atoms with Crippen molar-refractivity contribution < 1.29 is 33.4 Å². The van der Waals surface area contributed by atoms with Crippen molar-refractivity contribution in [3.05, 3.63) is 82.6 Å². The van der Waals surface area contributed by atoms with E-state index in [0.717, 1.165) is 0 Å². The molecule has 0 saturated carbocycles. The summed E-state index contributed by atoms with van der Waals surface area (Å²) in [5.74, 6) is -0.530.